The first-order chi connectivity index (χ1) is 9.56. The number of aryl methyl sites for hydroxylation is 1. The van der Waals surface area contributed by atoms with Crippen molar-refractivity contribution in [1.82, 2.24) is 15.1 Å². The highest BCUT2D eigenvalue weighted by molar-refractivity contribution is 6.31. The number of amides is 1. The molecule has 20 heavy (non-hydrogen) atoms. The maximum Gasteiger partial charge on any atom is 0.236 e. The largest absolute Gasteiger partial charge is 0.339 e. The Morgan fingerprint density at radius 3 is 2.75 bits per heavy atom. The van der Waals surface area contributed by atoms with E-state index in [0.717, 1.165) is 42.3 Å². The molecule has 0 aliphatic carbocycles. The maximum atomic E-state index is 12.2. The standard InChI is InChI=1S/C15H22ClN3O/c1-12-3-4-13(14(16)9-12)10-18(2)11-15(20)19-7-5-17-6-8-19/h3-4,9,17H,5-8,10-11H2,1-2H3. The van der Waals surface area contributed by atoms with E-state index in [1.165, 1.54) is 0 Å². The molecule has 1 amide bonds. The molecule has 0 bridgehead atoms. The van der Waals surface area contributed by atoms with Crippen LogP contribution in [0.3, 0.4) is 0 Å². The van der Waals surface area contributed by atoms with Crippen LogP contribution in [0.5, 0.6) is 0 Å². The van der Waals surface area contributed by atoms with Crippen LogP contribution in [0, 0.1) is 6.92 Å². The number of hydrogen-bond acceptors (Lipinski definition) is 3. The molecule has 4 nitrogen and oxygen atoms in total. The first-order valence-corrected chi connectivity index (χ1v) is 7.36. The van der Waals surface area contributed by atoms with Crippen molar-refractivity contribution in [3.8, 4) is 0 Å². The van der Waals surface area contributed by atoms with Gasteiger partial charge in [-0.05, 0) is 31.2 Å². The predicted molar refractivity (Wildman–Crippen MR) is 82.0 cm³/mol. The van der Waals surface area contributed by atoms with Gasteiger partial charge in [-0.25, -0.2) is 0 Å². The van der Waals surface area contributed by atoms with Gasteiger partial charge in [-0.2, -0.15) is 0 Å². The van der Waals surface area contributed by atoms with Crippen LogP contribution in [0.2, 0.25) is 5.02 Å². The molecule has 1 aliphatic rings. The lowest BCUT2D eigenvalue weighted by Gasteiger charge is -2.29. The first kappa shape index (κ1) is 15.3. The zero-order chi connectivity index (χ0) is 14.5. The van der Waals surface area contributed by atoms with E-state index in [1.807, 2.05) is 42.0 Å². The van der Waals surface area contributed by atoms with Crippen molar-refractivity contribution in [2.24, 2.45) is 0 Å². The quantitative estimate of drug-likeness (QED) is 0.915. The Balaban J connectivity index is 1.88. The van der Waals surface area contributed by atoms with Gasteiger partial charge in [0.15, 0.2) is 0 Å². The number of benzene rings is 1. The lowest BCUT2D eigenvalue weighted by molar-refractivity contribution is -0.132. The van der Waals surface area contributed by atoms with Gasteiger partial charge in [-0.3, -0.25) is 9.69 Å². The molecule has 1 heterocycles. The van der Waals surface area contributed by atoms with Gasteiger partial charge in [0.05, 0.1) is 6.54 Å². The van der Waals surface area contributed by atoms with Gasteiger partial charge in [0.1, 0.15) is 0 Å². The minimum atomic E-state index is 0.192. The number of nitrogens with one attached hydrogen (secondary N) is 1. The second kappa shape index (κ2) is 7.07. The van der Waals surface area contributed by atoms with E-state index in [1.54, 1.807) is 0 Å². The van der Waals surface area contributed by atoms with Crippen molar-refractivity contribution in [2.75, 3.05) is 39.8 Å². The first-order valence-electron chi connectivity index (χ1n) is 6.98. The second-order valence-corrected chi connectivity index (χ2v) is 5.81. The van der Waals surface area contributed by atoms with E-state index in [0.29, 0.717) is 13.1 Å². The van der Waals surface area contributed by atoms with Gasteiger partial charge in [0, 0.05) is 37.7 Å². The molecule has 0 spiro atoms. The number of hydrogen-bond donors (Lipinski definition) is 1. The molecule has 0 radical (unpaired) electrons. The summed E-state index contributed by atoms with van der Waals surface area (Å²) in [6, 6.07) is 6.04. The maximum absolute atomic E-state index is 12.2. The summed E-state index contributed by atoms with van der Waals surface area (Å²) < 4.78 is 0. The minimum Gasteiger partial charge on any atom is -0.339 e. The zero-order valence-electron chi connectivity index (χ0n) is 12.2. The molecule has 1 N–H and O–H groups in total. The van der Waals surface area contributed by atoms with Crippen LogP contribution in [-0.4, -0.2) is 55.5 Å². The smallest absolute Gasteiger partial charge is 0.236 e. The SMILES string of the molecule is Cc1ccc(CN(C)CC(=O)N2CCNCC2)c(Cl)c1. The summed E-state index contributed by atoms with van der Waals surface area (Å²) in [4.78, 5) is 16.1. The van der Waals surface area contributed by atoms with Crippen LogP contribution in [0.15, 0.2) is 18.2 Å². The van der Waals surface area contributed by atoms with E-state index >= 15 is 0 Å². The van der Waals surface area contributed by atoms with Crippen LogP contribution >= 0.6 is 11.6 Å². The Kier molecular flexibility index (Phi) is 5.40. The highest BCUT2D eigenvalue weighted by Crippen LogP contribution is 2.18. The number of likely N-dealkylation sites (N-methyl/N-ethyl adjacent to an activating group) is 1. The molecule has 1 aliphatic heterocycles. The summed E-state index contributed by atoms with van der Waals surface area (Å²) in [5.41, 5.74) is 2.21. The van der Waals surface area contributed by atoms with Crippen molar-refractivity contribution < 1.29 is 4.79 Å². The number of rotatable bonds is 4. The highest BCUT2D eigenvalue weighted by atomic mass is 35.5. The Morgan fingerprint density at radius 2 is 2.10 bits per heavy atom. The molecule has 1 saturated heterocycles. The number of halogens is 1. The van der Waals surface area contributed by atoms with Crippen molar-refractivity contribution in [3.05, 3.63) is 34.3 Å². The monoisotopic (exact) mass is 295 g/mol. The fourth-order valence-corrected chi connectivity index (χ4v) is 2.67. The van der Waals surface area contributed by atoms with Crippen molar-refractivity contribution >= 4 is 17.5 Å². The number of carbonyl (C=O) groups is 1. The molecule has 0 aromatic heterocycles. The third kappa shape index (κ3) is 4.20. The average molecular weight is 296 g/mol. The minimum absolute atomic E-state index is 0.192. The second-order valence-electron chi connectivity index (χ2n) is 5.40. The van der Waals surface area contributed by atoms with Crippen molar-refractivity contribution in [2.45, 2.75) is 13.5 Å². The molecule has 2 rings (SSSR count). The molecule has 1 fully saturated rings. The van der Waals surface area contributed by atoms with E-state index in [2.05, 4.69) is 5.32 Å². The van der Waals surface area contributed by atoms with Gasteiger partial charge >= 0.3 is 0 Å². The van der Waals surface area contributed by atoms with Crippen LogP contribution in [0.1, 0.15) is 11.1 Å². The zero-order valence-corrected chi connectivity index (χ0v) is 12.9. The fourth-order valence-electron chi connectivity index (χ4n) is 2.37. The molecular weight excluding hydrogens is 274 g/mol. The molecule has 5 heteroatoms. The summed E-state index contributed by atoms with van der Waals surface area (Å²) in [5.74, 6) is 0.192. The molecule has 0 unspecified atom stereocenters. The van der Waals surface area contributed by atoms with E-state index in [-0.39, 0.29) is 5.91 Å². The summed E-state index contributed by atoms with van der Waals surface area (Å²) in [6.45, 7) is 6.53. The Labute approximate surface area is 125 Å². The van der Waals surface area contributed by atoms with Gasteiger partial charge in [-0.15, -0.1) is 0 Å². The van der Waals surface area contributed by atoms with Gasteiger partial charge in [0.25, 0.3) is 0 Å². The molecule has 110 valence electrons. The van der Waals surface area contributed by atoms with Crippen LogP contribution < -0.4 is 5.32 Å². The third-order valence-corrected chi connectivity index (χ3v) is 3.88. The topological polar surface area (TPSA) is 35.6 Å². The number of nitrogens with zero attached hydrogens (tertiary/aromatic N) is 2. The Morgan fingerprint density at radius 1 is 1.40 bits per heavy atom. The lowest BCUT2D eigenvalue weighted by atomic mass is 10.1. The molecule has 0 saturated carbocycles. The average Bonchev–Trinajstić information content (AvgIpc) is 2.43. The Bertz CT molecular complexity index is 472. The number of piperazine rings is 1. The molecule has 1 aromatic rings. The summed E-state index contributed by atoms with van der Waals surface area (Å²) in [6.07, 6.45) is 0. The van der Waals surface area contributed by atoms with E-state index in [9.17, 15) is 4.79 Å². The normalized spacial score (nSPS) is 15.7. The van der Waals surface area contributed by atoms with Gasteiger partial charge < -0.3 is 10.2 Å². The predicted octanol–water partition coefficient (Wildman–Crippen LogP) is 1.51. The van der Waals surface area contributed by atoms with Gasteiger partial charge in [0.2, 0.25) is 5.91 Å². The Hall–Kier alpha value is -1.10. The highest BCUT2D eigenvalue weighted by Gasteiger charge is 2.17. The van der Waals surface area contributed by atoms with Gasteiger partial charge in [-0.1, -0.05) is 23.7 Å². The van der Waals surface area contributed by atoms with Crippen molar-refractivity contribution in [3.63, 3.8) is 0 Å². The summed E-state index contributed by atoms with van der Waals surface area (Å²) >= 11 is 6.23. The summed E-state index contributed by atoms with van der Waals surface area (Å²) in [7, 11) is 1.95. The molecule has 0 atom stereocenters. The lowest BCUT2D eigenvalue weighted by Crippen LogP contribution is -2.49. The number of carbonyl (C=O) groups excluding carboxylic acids is 1. The molecular formula is C15H22ClN3O. The van der Waals surface area contributed by atoms with Crippen molar-refractivity contribution in [1.29, 1.82) is 0 Å². The summed E-state index contributed by atoms with van der Waals surface area (Å²) in [5, 5.41) is 4.02. The van der Waals surface area contributed by atoms with Crippen LogP contribution in [-0.2, 0) is 11.3 Å². The van der Waals surface area contributed by atoms with Crippen LogP contribution in [0.25, 0.3) is 0 Å². The third-order valence-electron chi connectivity index (χ3n) is 3.52. The van der Waals surface area contributed by atoms with E-state index in [4.69, 9.17) is 11.6 Å². The van der Waals surface area contributed by atoms with E-state index < -0.39 is 0 Å². The molecule has 1 aromatic carbocycles. The van der Waals surface area contributed by atoms with Crippen LogP contribution in [0.4, 0.5) is 0 Å². The fraction of sp³-hybridized carbons (Fsp3) is 0.533.